The molecule has 0 radical (unpaired) electrons. The van der Waals surface area contributed by atoms with E-state index in [1.54, 1.807) is 4.90 Å². The van der Waals surface area contributed by atoms with Crippen molar-refractivity contribution in [3.63, 3.8) is 0 Å². The Hall–Kier alpha value is -1.01. The normalized spacial score (nSPS) is 31.8. The molecule has 3 rings (SSSR count). The van der Waals surface area contributed by atoms with Crippen LogP contribution in [0.3, 0.4) is 0 Å². The molecule has 3 aliphatic rings. The quantitative estimate of drug-likeness (QED) is 0.537. The van der Waals surface area contributed by atoms with Crippen LogP contribution in [0.15, 0.2) is 12.7 Å². The lowest BCUT2D eigenvalue weighted by Gasteiger charge is -2.46. The molecule has 0 aliphatic carbocycles. The van der Waals surface area contributed by atoms with E-state index in [2.05, 4.69) is 18.0 Å². The molecule has 112 valence electrons. The molecule has 1 amide bonds. The van der Waals surface area contributed by atoms with Crippen molar-refractivity contribution in [3.8, 4) is 0 Å². The molecule has 2 N–H and O–H groups in total. The number of carboxylic acid groups (broad SMARTS) is 1. The monoisotopic (exact) mass is 298 g/mol. The highest BCUT2D eigenvalue weighted by Gasteiger charge is 2.42. The van der Waals surface area contributed by atoms with E-state index >= 15 is 0 Å². The maximum Gasteiger partial charge on any atom is 0.230 e. The summed E-state index contributed by atoms with van der Waals surface area (Å²) in [5, 5.41) is 13.2. The Labute approximate surface area is 123 Å². The first-order chi connectivity index (χ1) is 9.60. The van der Waals surface area contributed by atoms with E-state index in [1.165, 1.54) is 13.0 Å². The first kappa shape index (κ1) is 15.4. The van der Waals surface area contributed by atoms with Crippen LogP contribution in [0.2, 0.25) is 0 Å². The lowest BCUT2D eigenvalue weighted by molar-refractivity contribution is -0.944. The minimum absolute atomic E-state index is 0.0847. The second-order valence-electron chi connectivity index (χ2n) is 5.66. The first-order valence-electron chi connectivity index (χ1n) is 7.11. The van der Waals surface area contributed by atoms with Crippen LogP contribution >= 0.6 is 11.8 Å². The SMILES string of the molecule is C=C[C@H]1C[NH+]2CC[C@H]1C[C@@H]2CNC(=O)CSCC(=O)[O-]. The van der Waals surface area contributed by atoms with Crippen molar-refractivity contribution in [1.82, 2.24) is 5.32 Å². The molecule has 3 fully saturated rings. The molecule has 0 aromatic heterocycles. The fraction of sp³-hybridized carbons (Fsp3) is 0.714. The van der Waals surface area contributed by atoms with Gasteiger partial charge in [-0.25, -0.2) is 0 Å². The van der Waals surface area contributed by atoms with E-state index in [-0.39, 0.29) is 17.4 Å². The molecule has 6 heteroatoms. The second-order valence-corrected chi connectivity index (χ2v) is 6.65. The lowest BCUT2D eigenvalue weighted by Crippen LogP contribution is -3.20. The summed E-state index contributed by atoms with van der Waals surface area (Å²) in [7, 11) is 0. The van der Waals surface area contributed by atoms with Crippen molar-refractivity contribution in [2.75, 3.05) is 31.1 Å². The van der Waals surface area contributed by atoms with E-state index in [1.807, 2.05) is 0 Å². The lowest BCUT2D eigenvalue weighted by atomic mass is 9.75. The van der Waals surface area contributed by atoms with Crippen LogP contribution in [0, 0.1) is 11.8 Å². The molecule has 2 bridgehead atoms. The molecule has 4 atom stereocenters. The van der Waals surface area contributed by atoms with Crippen molar-refractivity contribution in [3.05, 3.63) is 12.7 Å². The molecule has 5 nitrogen and oxygen atoms in total. The summed E-state index contributed by atoms with van der Waals surface area (Å²) in [5.41, 5.74) is 0. The number of thioether (sulfide) groups is 1. The summed E-state index contributed by atoms with van der Waals surface area (Å²) in [4.78, 5) is 23.4. The van der Waals surface area contributed by atoms with Crippen molar-refractivity contribution in [2.45, 2.75) is 18.9 Å². The van der Waals surface area contributed by atoms with Crippen molar-refractivity contribution in [1.29, 1.82) is 0 Å². The molecule has 3 saturated heterocycles. The summed E-state index contributed by atoms with van der Waals surface area (Å²) in [6.45, 7) is 6.93. The fourth-order valence-corrected chi connectivity index (χ4v) is 3.93. The Morgan fingerprint density at radius 3 is 2.85 bits per heavy atom. The Kier molecular flexibility index (Phi) is 5.48. The van der Waals surface area contributed by atoms with Gasteiger partial charge in [0.25, 0.3) is 0 Å². The number of nitrogens with one attached hydrogen (secondary N) is 2. The number of rotatable bonds is 7. The number of carboxylic acids is 1. The zero-order valence-corrected chi connectivity index (χ0v) is 12.4. The topological polar surface area (TPSA) is 73.7 Å². The predicted molar refractivity (Wildman–Crippen MR) is 76.2 cm³/mol. The number of amides is 1. The highest BCUT2D eigenvalue weighted by Crippen LogP contribution is 2.27. The van der Waals surface area contributed by atoms with Gasteiger partial charge in [-0.1, -0.05) is 6.08 Å². The summed E-state index contributed by atoms with van der Waals surface area (Å²) < 4.78 is 0. The zero-order valence-electron chi connectivity index (χ0n) is 11.6. The van der Waals surface area contributed by atoms with Crippen LogP contribution in [0.25, 0.3) is 0 Å². The van der Waals surface area contributed by atoms with Crippen LogP contribution in [0.5, 0.6) is 0 Å². The number of piperidine rings is 3. The molecule has 0 aromatic rings. The van der Waals surface area contributed by atoms with Gasteiger partial charge in [-0.3, -0.25) is 4.79 Å². The number of quaternary nitrogens is 1. The van der Waals surface area contributed by atoms with Gasteiger partial charge in [0.1, 0.15) is 6.04 Å². The highest BCUT2D eigenvalue weighted by atomic mass is 32.2. The van der Waals surface area contributed by atoms with Gasteiger partial charge in [-0.2, -0.15) is 0 Å². The third-order valence-corrected chi connectivity index (χ3v) is 5.31. The molecule has 0 aromatic carbocycles. The third kappa shape index (κ3) is 3.99. The molecule has 20 heavy (non-hydrogen) atoms. The maximum atomic E-state index is 11.6. The van der Waals surface area contributed by atoms with E-state index in [0.717, 1.165) is 30.6 Å². The summed E-state index contributed by atoms with van der Waals surface area (Å²) in [6, 6.07) is 0.500. The highest BCUT2D eigenvalue weighted by molar-refractivity contribution is 8.00. The smallest absolute Gasteiger partial charge is 0.230 e. The molecular weight excluding hydrogens is 276 g/mol. The molecule has 3 aliphatic heterocycles. The second kappa shape index (κ2) is 7.13. The van der Waals surface area contributed by atoms with E-state index in [9.17, 15) is 14.7 Å². The average Bonchev–Trinajstić information content (AvgIpc) is 2.45. The molecule has 1 unspecified atom stereocenters. The minimum Gasteiger partial charge on any atom is -0.549 e. The third-order valence-electron chi connectivity index (χ3n) is 4.41. The van der Waals surface area contributed by atoms with Gasteiger partial charge in [0.2, 0.25) is 5.91 Å². The Balaban J connectivity index is 1.69. The van der Waals surface area contributed by atoms with Crippen LogP contribution in [0.4, 0.5) is 0 Å². The molecule has 3 heterocycles. The van der Waals surface area contributed by atoms with Crippen LogP contribution in [-0.4, -0.2) is 49.1 Å². The molecular formula is C14H22N2O3S. The maximum absolute atomic E-state index is 11.6. The van der Waals surface area contributed by atoms with Crippen LogP contribution < -0.4 is 15.3 Å². The molecule has 0 spiro atoms. The summed E-state index contributed by atoms with van der Waals surface area (Å²) in [6.07, 6.45) is 4.49. The van der Waals surface area contributed by atoms with Crippen molar-refractivity contribution in [2.24, 2.45) is 11.8 Å². The average molecular weight is 298 g/mol. The van der Waals surface area contributed by atoms with Gasteiger partial charge in [-0.15, -0.1) is 18.3 Å². The van der Waals surface area contributed by atoms with Gasteiger partial charge in [0, 0.05) is 24.5 Å². The number of fused-ring (bicyclic) bond motifs is 3. The van der Waals surface area contributed by atoms with E-state index in [4.69, 9.17) is 0 Å². The largest absolute Gasteiger partial charge is 0.549 e. The Bertz CT molecular complexity index is 389. The van der Waals surface area contributed by atoms with Gasteiger partial charge in [-0.05, 0) is 5.92 Å². The minimum atomic E-state index is -1.13. The van der Waals surface area contributed by atoms with Gasteiger partial charge < -0.3 is 20.1 Å². The van der Waals surface area contributed by atoms with Crippen LogP contribution in [-0.2, 0) is 9.59 Å². The Morgan fingerprint density at radius 1 is 1.45 bits per heavy atom. The molecule has 0 saturated carbocycles. The van der Waals surface area contributed by atoms with Crippen LogP contribution in [0.1, 0.15) is 12.8 Å². The predicted octanol–water partition coefficient (Wildman–Crippen LogP) is -1.93. The first-order valence-corrected chi connectivity index (χ1v) is 8.27. The fourth-order valence-electron chi connectivity index (χ4n) is 3.37. The standard InChI is InChI=1S/C14H22N2O3S/c1-2-10-7-16-4-3-11(10)5-12(16)6-15-13(17)8-20-9-14(18)19/h2,10-12H,1,3-9H2,(H,15,17)(H,18,19)/t10-,11-,12+/m0/s1. The van der Waals surface area contributed by atoms with Gasteiger partial charge in [0.05, 0.1) is 31.4 Å². The Morgan fingerprint density at radius 2 is 2.25 bits per heavy atom. The number of aliphatic carboxylic acids is 1. The van der Waals surface area contributed by atoms with Gasteiger partial charge >= 0.3 is 0 Å². The summed E-state index contributed by atoms with van der Waals surface area (Å²) >= 11 is 1.08. The van der Waals surface area contributed by atoms with E-state index in [0.29, 0.717) is 18.5 Å². The number of hydrogen-bond donors (Lipinski definition) is 2. The van der Waals surface area contributed by atoms with Gasteiger partial charge in [0.15, 0.2) is 0 Å². The number of hydrogen-bond acceptors (Lipinski definition) is 4. The number of carbonyl (C=O) groups is 2. The van der Waals surface area contributed by atoms with E-state index < -0.39 is 5.97 Å². The van der Waals surface area contributed by atoms with Crippen molar-refractivity contribution >= 4 is 23.6 Å². The van der Waals surface area contributed by atoms with Crippen molar-refractivity contribution < 1.29 is 19.6 Å². The number of carbonyl (C=O) groups excluding carboxylic acids is 2. The summed E-state index contributed by atoms with van der Waals surface area (Å²) in [5.74, 6) is 0.201. The zero-order chi connectivity index (χ0) is 14.5.